The second kappa shape index (κ2) is 10.1. The van der Waals surface area contributed by atoms with E-state index in [-0.39, 0.29) is 0 Å². The van der Waals surface area contributed by atoms with Gasteiger partial charge in [-0.05, 0) is 29.8 Å². The Morgan fingerprint density at radius 2 is 1.55 bits per heavy atom. The van der Waals surface area contributed by atoms with Crippen molar-refractivity contribution < 1.29 is 14.3 Å². The van der Waals surface area contributed by atoms with Gasteiger partial charge in [0.15, 0.2) is 6.61 Å². The number of rotatable bonds is 7. The second-order valence-electron chi connectivity index (χ2n) is 6.03. The molecule has 3 rings (SSSR count). The number of amides is 1. The normalized spacial score (nSPS) is 11.1. The molecule has 3 aromatic rings. The number of nitrogens with zero attached hydrogens (tertiary/aromatic N) is 1. The number of benzene rings is 3. The molecule has 0 radical (unpaired) electrons. The molecule has 0 aliphatic rings. The van der Waals surface area contributed by atoms with Gasteiger partial charge in [0.2, 0.25) is 0 Å². The fraction of sp³-hybridized carbons (Fsp3) is 0.0870. The third kappa shape index (κ3) is 5.71. The van der Waals surface area contributed by atoms with Crippen LogP contribution in [-0.4, -0.2) is 18.5 Å². The molecule has 1 atom stereocenters. The zero-order valence-electron chi connectivity index (χ0n) is 15.4. The lowest BCUT2D eigenvalue weighted by molar-refractivity contribution is -0.146. The Morgan fingerprint density at radius 1 is 0.931 bits per heavy atom. The van der Waals surface area contributed by atoms with E-state index in [2.05, 4.69) is 5.32 Å². The van der Waals surface area contributed by atoms with Gasteiger partial charge >= 0.3 is 5.97 Å². The first kappa shape index (κ1) is 20.2. The monoisotopic (exact) mass is 402 g/mol. The first-order chi connectivity index (χ1) is 14.2. The average molecular weight is 402 g/mol. The van der Waals surface area contributed by atoms with E-state index in [9.17, 15) is 9.59 Å². The summed E-state index contributed by atoms with van der Waals surface area (Å²) in [5.41, 5.74) is 1.52. The van der Waals surface area contributed by atoms with Crippen molar-refractivity contribution in [3.05, 3.63) is 96.1 Å². The van der Waals surface area contributed by atoms with Crippen molar-refractivity contribution in [2.75, 3.05) is 11.9 Å². The summed E-state index contributed by atoms with van der Waals surface area (Å²) in [5.74, 6) is -1.01. The number of hydrogen-bond donors (Lipinski definition) is 1. The van der Waals surface area contributed by atoms with Crippen LogP contribution in [0.2, 0.25) is 0 Å². The molecular weight excluding hydrogens is 384 g/mol. The van der Waals surface area contributed by atoms with Gasteiger partial charge in [-0.3, -0.25) is 9.59 Å². The van der Waals surface area contributed by atoms with Crippen molar-refractivity contribution in [2.24, 2.45) is 0 Å². The Kier molecular flexibility index (Phi) is 7.04. The van der Waals surface area contributed by atoms with Gasteiger partial charge in [0, 0.05) is 4.90 Å². The highest BCUT2D eigenvalue weighted by Crippen LogP contribution is 2.36. The fourth-order valence-corrected chi connectivity index (χ4v) is 3.65. The van der Waals surface area contributed by atoms with Crippen LogP contribution in [-0.2, 0) is 14.3 Å². The summed E-state index contributed by atoms with van der Waals surface area (Å²) in [7, 11) is 0. The minimum Gasteiger partial charge on any atom is -0.454 e. The van der Waals surface area contributed by atoms with Gasteiger partial charge in [-0.25, -0.2) is 0 Å². The van der Waals surface area contributed by atoms with E-state index in [1.54, 1.807) is 24.3 Å². The number of hydrogen-bond acceptors (Lipinski definition) is 5. The zero-order valence-corrected chi connectivity index (χ0v) is 16.3. The predicted octanol–water partition coefficient (Wildman–Crippen LogP) is 4.57. The summed E-state index contributed by atoms with van der Waals surface area (Å²) in [5, 5.41) is 11.1. The Bertz CT molecular complexity index is 1020. The molecule has 0 unspecified atom stereocenters. The molecule has 0 aromatic heterocycles. The highest BCUT2D eigenvalue weighted by molar-refractivity contribution is 8.00. The van der Waals surface area contributed by atoms with E-state index in [4.69, 9.17) is 10.00 Å². The van der Waals surface area contributed by atoms with Crippen molar-refractivity contribution in [3.8, 4) is 6.07 Å². The summed E-state index contributed by atoms with van der Waals surface area (Å²) < 4.78 is 5.28. The lowest BCUT2D eigenvalue weighted by Gasteiger charge is -2.16. The summed E-state index contributed by atoms with van der Waals surface area (Å²) in [6.45, 7) is -0.433. The Labute approximate surface area is 173 Å². The molecule has 3 aromatic carbocycles. The lowest BCUT2D eigenvalue weighted by atomic mass is 10.1. The highest BCUT2D eigenvalue weighted by atomic mass is 32.2. The van der Waals surface area contributed by atoms with Gasteiger partial charge in [-0.1, -0.05) is 60.7 Å². The van der Waals surface area contributed by atoms with Gasteiger partial charge in [0.1, 0.15) is 11.3 Å². The third-order valence-electron chi connectivity index (χ3n) is 3.98. The number of nitrogens with one attached hydrogen (secondary N) is 1. The highest BCUT2D eigenvalue weighted by Gasteiger charge is 2.24. The van der Waals surface area contributed by atoms with Crippen LogP contribution < -0.4 is 5.32 Å². The second-order valence-corrected chi connectivity index (χ2v) is 7.21. The topological polar surface area (TPSA) is 79.2 Å². The van der Waals surface area contributed by atoms with E-state index in [1.807, 2.05) is 66.7 Å². The van der Waals surface area contributed by atoms with Crippen LogP contribution in [0.15, 0.2) is 89.8 Å². The summed E-state index contributed by atoms with van der Waals surface area (Å²) >= 11 is 1.36. The Balaban J connectivity index is 1.67. The van der Waals surface area contributed by atoms with E-state index < -0.39 is 23.7 Å². The number of carbonyl (C=O) groups is 2. The molecule has 0 fully saturated rings. The predicted molar refractivity (Wildman–Crippen MR) is 112 cm³/mol. The molecule has 1 N–H and O–H groups in total. The van der Waals surface area contributed by atoms with Crippen molar-refractivity contribution in [2.45, 2.75) is 10.1 Å². The van der Waals surface area contributed by atoms with Crippen LogP contribution in [0, 0.1) is 11.3 Å². The van der Waals surface area contributed by atoms with Crippen LogP contribution in [0.25, 0.3) is 0 Å². The van der Waals surface area contributed by atoms with Crippen LogP contribution >= 0.6 is 11.8 Å². The number of carbonyl (C=O) groups excluding carboxylic acids is 2. The fourth-order valence-electron chi connectivity index (χ4n) is 2.60. The van der Waals surface area contributed by atoms with E-state index in [0.29, 0.717) is 11.3 Å². The van der Waals surface area contributed by atoms with Gasteiger partial charge < -0.3 is 10.1 Å². The summed E-state index contributed by atoms with van der Waals surface area (Å²) in [6.07, 6.45) is 0. The quantitative estimate of drug-likeness (QED) is 0.462. The summed E-state index contributed by atoms with van der Waals surface area (Å²) in [6, 6.07) is 27.5. The molecule has 1 amide bonds. The van der Waals surface area contributed by atoms with Gasteiger partial charge in [0.25, 0.3) is 5.91 Å². The van der Waals surface area contributed by atoms with Gasteiger partial charge in [-0.2, -0.15) is 5.26 Å². The van der Waals surface area contributed by atoms with Crippen LogP contribution in [0.1, 0.15) is 16.4 Å². The van der Waals surface area contributed by atoms with Crippen molar-refractivity contribution in [1.29, 1.82) is 5.26 Å². The minimum absolute atomic E-state index is 0.342. The molecule has 0 heterocycles. The maximum atomic E-state index is 12.8. The molecular formula is C23H18N2O3S. The van der Waals surface area contributed by atoms with Crippen LogP contribution in [0.4, 0.5) is 5.69 Å². The Morgan fingerprint density at radius 3 is 2.24 bits per heavy atom. The van der Waals surface area contributed by atoms with Crippen LogP contribution in [0.3, 0.4) is 0 Å². The molecule has 0 spiro atoms. The molecule has 0 aliphatic heterocycles. The largest absolute Gasteiger partial charge is 0.454 e. The maximum absolute atomic E-state index is 12.8. The molecule has 29 heavy (non-hydrogen) atoms. The molecule has 0 saturated carbocycles. The smallest absolute Gasteiger partial charge is 0.324 e. The number of thioether (sulfide) groups is 1. The van der Waals surface area contributed by atoms with Crippen molar-refractivity contribution >= 4 is 29.3 Å². The minimum atomic E-state index is -0.599. The third-order valence-corrected chi connectivity index (χ3v) is 5.23. The lowest BCUT2D eigenvalue weighted by Crippen LogP contribution is -2.23. The van der Waals surface area contributed by atoms with Crippen LogP contribution in [0.5, 0.6) is 0 Å². The van der Waals surface area contributed by atoms with E-state index in [0.717, 1.165) is 10.5 Å². The molecule has 144 valence electrons. The first-order valence-corrected chi connectivity index (χ1v) is 9.77. The van der Waals surface area contributed by atoms with Gasteiger partial charge in [-0.15, -0.1) is 11.8 Å². The molecule has 6 heteroatoms. The number of esters is 1. The molecule has 0 bridgehead atoms. The first-order valence-electron chi connectivity index (χ1n) is 8.89. The van der Waals surface area contributed by atoms with E-state index in [1.165, 1.54) is 11.8 Å². The standard InChI is InChI=1S/C23H18N2O3S/c24-15-18-11-7-8-14-20(18)25-21(26)16-28-23(27)22(17-9-3-1-4-10-17)29-19-12-5-2-6-13-19/h1-14,22H,16H2,(H,25,26)/t22-/m1/s1. The molecule has 0 saturated heterocycles. The number of para-hydroxylation sites is 1. The van der Waals surface area contributed by atoms with Crippen molar-refractivity contribution in [1.82, 2.24) is 0 Å². The molecule has 5 nitrogen and oxygen atoms in total. The zero-order chi connectivity index (χ0) is 20.5. The van der Waals surface area contributed by atoms with E-state index >= 15 is 0 Å². The Hall–Kier alpha value is -3.56. The van der Waals surface area contributed by atoms with Crippen molar-refractivity contribution in [3.63, 3.8) is 0 Å². The van der Waals surface area contributed by atoms with Gasteiger partial charge in [0.05, 0.1) is 11.3 Å². The number of anilines is 1. The summed E-state index contributed by atoms with van der Waals surface area (Å²) in [4.78, 5) is 25.9. The molecule has 0 aliphatic carbocycles. The SMILES string of the molecule is N#Cc1ccccc1NC(=O)COC(=O)[C@H](Sc1ccccc1)c1ccccc1. The maximum Gasteiger partial charge on any atom is 0.324 e. The average Bonchev–Trinajstić information content (AvgIpc) is 2.77. The number of ether oxygens (including phenoxy) is 1. The number of nitriles is 1.